The van der Waals surface area contributed by atoms with E-state index >= 15 is 0 Å². The first-order valence-corrected chi connectivity index (χ1v) is 3.73. The summed E-state index contributed by atoms with van der Waals surface area (Å²) in [5, 5.41) is 17.4. The molecular weight excluding hydrogens is 146 g/mol. The zero-order chi connectivity index (χ0) is 7.56. The van der Waals surface area contributed by atoms with Crippen LogP contribution in [0.25, 0.3) is 0 Å². The minimum Gasteiger partial charge on any atom is -0.388 e. The van der Waals surface area contributed by atoms with E-state index in [9.17, 15) is 0 Å². The van der Waals surface area contributed by atoms with Crippen molar-refractivity contribution in [1.82, 2.24) is 0 Å². The molecule has 1 N–H and O–H groups in total. The van der Waals surface area contributed by atoms with Gasteiger partial charge in [0.1, 0.15) is 10.9 Å². The van der Waals surface area contributed by atoms with Crippen molar-refractivity contribution in [3.8, 4) is 6.07 Å². The predicted octanol–water partition coefficient (Wildman–Crippen LogP) is 1.67. The molecule has 0 saturated carbocycles. The molecule has 0 aliphatic rings. The number of nitrogens with zero attached hydrogens (tertiary/aromatic N) is 1. The lowest BCUT2D eigenvalue weighted by Gasteiger charge is -1.95. The van der Waals surface area contributed by atoms with Crippen molar-refractivity contribution in [2.24, 2.45) is 0 Å². The lowest BCUT2D eigenvalue weighted by molar-refractivity contribution is 0.203. The maximum Gasteiger partial charge on any atom is 0.110 e. The summed E-state index contributed by atoms with van der Waals surface area (Å²) in [6.45, 7) is 1.69. The SMILES string of the molecule is C[C@@H](O)c1ccc(C#N)s1. The molecule has 0 aliphatic carbocycles. The van der Waals surface area contributed by atoms with Gasteiger partial charge in [-0.25, -0.2) is 0 Å². The second-order valence-corrected chi connectivity index (χ2v) is 3.11. The van der Waals surface area contributed by atoms with Gasteiger partial charge in [0.2, 0.25) is 0 Å². The van der Waals surface area contributed by atoms with E-state index in [4.69, 9.17) is 10.4 Å². The average molecular weight is 153 g/mol. The largest absolute Gasteiger partial charge is 0.388 e. The molecule has 0 fully saturated rings. The molecule has 0 spiro atoms. The van der Waals surface area contributed by atoms with Gasteiger partial charge in [0.05, 0.1) is 6.10 Å². The van der Waals surface area contributed by atoms with E-state index in [-0.39, 0.29) is 0 Å². The molecular formula is C7H7NOS. The van der Waals surface area contributed by atoms with Crippen LogP contribution in [-0.2, 0) is 0 Å². The maximum atomic E-state index is 9.03. The zero-order valence-corrected chi connectivity index (χ0v) is 6.35. The molecule has 10 heavy (non-hydrogen) atoms. The molecule has 0 radical (unpaired) electrons. The summed E-state index contributed by atoms with van der Waals surface area (Å²) in [4.78, 5) is 1.49. The number of aliphatic hydroxyl groups excluding tert-OH is 1. The molecule has 1 aromatic rings. The van der Waals surface area contributed by atoms with Crippen LogP contribution in [0.5, 0.6) is 0 Å². The lowest BCUT2D eigenvalue weighted by Crippen LogP contribution is -1.83. The van der Waals surface area contributed by atoms with E-state index in [0.717, 1.165) is 4.88 Å². The second kappa shape index (κ2) is 2.82. The fourth-order valence-electron chi connectivity index (χ4n) is 0.637. The second-order valence-electron chi connectivity index (χ2n) is 1.99. The molecule has 52 valence electrons. The molecule has 0 aliphatic heterocycles. The topological polar surface area (TPSA) is 44.0 Å². The number of nitriles is 1. The Labute approximate surface area is 63.4 Å². The van der Waals surface area contributed by atoms with Gasteiger partial charge in [-0.05, 0) is 19.1 Å². The van der Waals surface area contributed by atoms with Gasteiger partial charge in [0.25, 0.3) is 0 Å². The van der Waals surface area contributed by atoms with Crippen LogP contribution >= 0.6 is 11.3 Å². The van der Waals surface area contributed by atoms with Crippen LogP contribution in [0.4, 0.5) is 0 Å². The third kappa shape index (κ3) is 1.35. The van der Waals surface area contributed by atoms with E-state index in [1.54, 1.807) is 19.1 Å². The Kier molecular flexibility index (Phi) is 2.05. The van der Waals surface area contributed by atoms with Crippen molar-refractivity contribution in [2.75, 3.05) is 0 Å². The van der Waals surface area contributed by atoms with E-state index in [1.165, 1.54) is 11.3 Å². The predicted molar refractivity (Wildman–Crippen MR) is 39.7 cm³/mol. The third-order valence-corrected chi connectivity index (χ3v) is 2.31. The Balaban J connectivity index is 2.91. The first-order chi connectivity index (χ1) is 4.74. The number of hydrogen-bond acceptors (Lipinski definition) is 3. The van der Waals surface area contributed by atoms with Crippen molar-refractivity contribution in [2.45, 2.75) is 13.0 Å². The molecule has 2 nitrogen and oxygen atoms in total. The minimum atomic E-state index is -0.452. The van der Waals surface area contributed by atoms with Crippen LogP contribution < -0.4 is 0 Å². The van der Waals surface area contributed by atoms with Crippen molar-refractivity contribution < 1.29 is 5.11 Å². The molecule has 0 amide bonds. The monoisotopic (exact) mass is 153 g/mol. The Morgan fingerprint density at radius 2 is 2.40 bits per heavy atom. The molecule has 3 heteroatoms. The number of aliphatic hydroxyl groups is 1. The summed E-state index contributed by atoms with van der Waals surface area (Å²) in [6.07, 6.45) is -0.452. The standard InChI is InChI=1S/C7H7NOS/c1-5(9)7-3-2-6(4-8)10-7/h2-3,5,9H,1H3/t5-/m1/s1. The minimum absolute atomic E-state index is 0.452. The highest BCUT2D eigenvalue weighted by atomic mass is 32.1. The van der Waals surface area contributed by atoms with Crippen molar-refractivity contribution in [1.29, 1.82) is 5.26 Å². The molecule has 1 rings (SSSR count). The Hall–Kier alpha value is -0.850. The Bertz CT molecular complexity index is 259. The first-order valence-electron chi connectivity index (χ1n) is 2.92. The van der Waals surface area contributed by atoms with Crippen LogP contribution in [-0.4, -0.2) is 5.11 Å². The summed E-state index contributed by atoms with van der Waals surface area (Å²) in [5.41, 5.74) is 0. The lowest BCUT2D eigenvalue weighted by atomic mass is 10.3. The number of rotatable bonds is 1. The van der Waals surface area contributed by atoms with Crippen LogP contribution in [0.1, 0.15) is 22.8 Å². The number of hydrogen-bond donors (Lipinski definition) is 1. The van der Waals surface area contributed by atoms with Crippen molar-refractivity contribution in [3.63, 3.8) is 0 Å². The van der Waals surface area contributed by atoms with E-state index < -0.39 is 6.10 Å². The Morgan fingerprint density at radius 3 is 2.70 bits per heavy atom. The van der Waals surface area contributed by atoms with E-state index in [2.05, 4.69) is 0 Å². The van der Waals surface area contributed by atoms with Crippen molar-refractivity contribution >= 4 is 11.3 Å². The van der Waals surface area contributed by atoms with Crippen LogP contribution in [0.3, 0.4) is 0 Å². The average Bonchev–Trinajstić information content (AvgIpc) is 2.34. The molecule has 0 saturated heterocycles. The fourth-order valence-corrected chi connectivity index (χ4v) is 1.38. The summed E-state index contributed by atoms with van der Waals surface area (Å²) >= 11 is 1.33. The smallest absolute Gasteiger partial charge is 0.110 e. The summed E-state index contributed by atoms with van der Waals surface area (Å²) in [5.74, 6) is 0. The van der Waals surface area contributed by atoms with Gasteiger partial charge in [0.15, 0.2) is 0 Å². The van der Waals surface area contributed by atoms with Crippen molar-refractivity contribution in [3.05, 3.63) is 21.9 Å². The molecule has 1 heterocycles. The molecule has 0 aromatic carbocycles. The van der Waals surface area contributed by atoms with E-state index in [1.807, 2.05) is 6.07 Å². The van der Waals surface area contributed by atoms with Gasteiger partial charge in [-0.15, -0.1) is 11.3 Å². The highest BCUT2D eigenvalue weighted by Crippen LogP contribution is 2.21. The van der Waals surface area contributed by atoms with Crippen LogP contribution in [0, 0.1) is 11.3 Å². The molecule has 0 unspecified atom stereocenters. The van der Waals surface area contributed by atoms with Gasteiger partial charge in [-0.1, -0.05) is 0 Å². The van der Waals surface area contributed by atoms with Gasteiger partial charge in [0, 0.05) is 4.88 Å². The first kappa shape index (κ1) is 7.26. The van der Waals surface area contributed by atoms with Gasteiger partial charge in [-0.3, -0.25) is 0 Å². The highest BCUT2D eigenvalue weighted by Gasteiger charge is 2.03. The number of thiophene rings is 1. The Morgan fingerprint density at radius 1 is 1.70 bits per heavy atom. The van der Waals surface area contributed by atoms with E-state index in [0.29, 0.717) is 4.88 Å². The molecule has 1 atom stereocenters. The normalized spacial score (nSPS) is 12.5. The van der Waals surface area contributed by atoms with Crippen LogP contribution in [0.2, 0.25) is 0 Å². The summed E-state index contributed by atoms with van der Waals surface area (Å²) in [6, 6.07) is 5.50. The third-order valence-electron chi connectivity index (χ3n) is 1.15. The quantitative estimate of drug-likeness (QED) is 0.667. The molecule has 1 aromatic heterocycles. The zero-order valence-electron chi connectivity index (χ0n) is 5.53. The highest BCUT2D eigenvalue weighted by molar-refractivity contribution is 7.12. The van der Waals surface area contributed by atoms with Gasteiger partial charge < -0.3 is 5.11 Å². The molecule has 0 bridgehead atoms. The van der Waals surface area contributed by atoms with Gasteiger partial charge in [-0.2, -0.15) is 5.26 Å². The fraction of sp³-hybridized carbons (Fsp3) is 0.286. The summed E-state index contributed by atoms with van der Waals surface area (Å²) < 4.78 is 0. The van der Waals surface area contributed by atoms with Gasteiger partial charge >= 0.3 is 0 Å². The maximum absolute atomic E-state index is 9.03. The summed E-state index contributed by atoms with van der Waals surface area (Å²) in [7, 11) is 0. The van der Waals surface area contributed by atoms with Crippen LogP contribution in [0.15, 0.2) is 12.1 Å².